The highest BCUT2D eigenvalue weighted by molar-refractivity contribution is 6.17. The summed E-state index contributed by atoms with van der Waals surface area (Å²) < 4.78 is 0. The van der Waals surface area contributed by atoms with Crippen molar-refractivity contribution in [3.05, 3.63) is 17.7 Å². The first-order valence-corrected chi connectivity index (χ1v) is 7.02. The average Bonchev–Trinajstić information content (AvgIpc) is 2.36. The number of rotatable bonds is 5. The summed E-state index contributed by atoms with van der Waals surface area (Å²) >= 11 is 6.03. The van der Waals surface area contributed by atoms with Crippen LogP contribution < -0.4 is 4.90 Å². The van der Waals surface area contributed by atoms with Gasteiger partial charge < -0.3 is 4.90 Å². The Labute approximate surface area is 116 Å². The van der Waals surface area contributed by atoms with E-state index in [0.717, 1.165) is 23.6 Å². The molecule has 1 aromatic heterocycles. The molecule has 0 aromatic carbocycles. The molecule has 0 N–H and O–H groups in total. The van der Waals surface area contributed by atoms with E-state index in [1.807, 2.05) is 6.20 Å². The summed E-state index contributed by atoms with van der Waals surface area (Å²) in [4.78, 5) is 11.2. The second-order valence-corrected chi connectivity index (χ2v) is 5.84. The van der Waals surface area contributed by atoms with Crippen LogP contribution in [-0.4, -0.2) is 22.6 Å². The first kappa shape index (κ1) is 15.2. The summed E-state index contributed by atoms with van der Waals surface area (Å²) in [6.45, 7) is 10.8. The van der Waals surface area contributed by atoms with Crippen molar-refractivity contribution in [2.24, 2.45) is 0 Å². The lowest BCUT2D eigenvalue weighted by Gasteiger charge is -2.37. The van der Waals surface area contributed by atoms with Crippen molar-refractivity contribution in [1.82, 2.24) is 9.97 Å². The number of halogens is 1. The molecule has 0 bridgehead atoms. The van der Waals surface area contributed by atoms with E-state index < -0.39 is 0 Å². The summed E-state index contributed by atoms with van der Waals surface area (Å²) in [6, 6.07) is 0. The fraction of sp³-hybridized carbons (Fsp3) is 0.714. The number of anilines is 1. The monoisotopic (exact) mass is 269 g/mol. The normalized spacial score (nSPS) is 12.0. The number of aromatic nitrogens is 2. The summed E-state index contributed by atoms with van der Waals surface area (Å²) in [6.07, 6.45) is 2.95. The molecule has 0 aliphatic carbocycles. The number of alkyl halides is 1. The van der Waals surface area contributed by atoms with Crippen LogP contribution in [0.25, 0.3) is 0 Å². The summed E-state index contributed by atoms with van der Waals surface area (Å²) in [5, 5.41) is 0. The fourth-order valence-corrected chi connectivity index (χ4v) is 1.84. The highest BCUT2D eigenvalue weighted by Crippen LogP contribution is 2.28. The third-order valence-electron chi connectivity index (χ3n) is 3.64. The van der Waals surface area contributed by atoms with Crippen LogP contribution in [0.1, 0.15) is 58.5 Å². The highest BCUT2D eigenvalue weighted by atomic mass is 35.5. The predicted molar refractivity (Wildman–Crippen MR) is 78.5 cm³/mol. The smallest absolute Gasteiger partial charge is 0.131 e. The largest absolute Gasteiger partial charge is 0.367 e. The van der Waals surface area contributed by atoms with Crippen LogP contribution in [0.3, 0.4) is 0 Å². The van der Waals surface area contributed by atoms with Crippen molar-refractivity contribution in [3.8, 4) is 0 Å². The maximum atomic E-state index is 6.03. The molecule has 0 aliphatic heterocycles. The minimum atomic E-state index is 0.0729. The Bertz CT molecular complexity index is 402. The molecule has 1 aromatic rings. The first-order chi connectivity index (χ1) is 8.33. The summed E-state index contributed by atoms with van der Waals surface area (Å²) in [7, 11) is 2.08. The Kier molecular flexibility index (Phi) is 4.97. The zero-order chi connectivity index (χ0) is 13.9. The van der Waals surface area contributed by atoms with Crippen molar-refractivity contribution in [2.75, 3.05) is 11.9 Å². The van der Waals surface area contributed by atoms with E-state index in [-0.39, 0.29) is 5.54 Å². The summed E-state index contributed by atoms with van der Waals surface area (Å²) in [5.74, 6) is 1.60. The predicted octanol–water partition coefficient (Wildman–Crippen LogP) is 3.96. The molecule has 3 nitrogen and oxygen atoms in total. The molecule has 0 saturated carbocycles. The van der Waals surface area contributed by atoms with Crippen molar-refractivity contribution in [2.45, 2.75) is 58.4 Å². The van der Waals surface area contributed by atoms with Gasteiger partial charge in [-0.1, -0.05) is 20.8 Å². The Morgan fingerprint density at radius 2 is 2.00 bits per heavy atom. The lowest BCUT2D eigenvalue weighted by Crippen LogP contribution is -2.41. The van der Waals surface area contributed by atoms with Gasteiger partial charge in [-0.25, -0.2) is 9.97 Å². The van der Waals surface area contributed by atoms with Gasteiger partial charge in [0, 0.05) is 18.5 Å². The van der Waals surface area contributed by atoms with Gasteiger partial charge in [0.1, 0.15) is 5.82 Å². The van der Waals surface area contributed by atoms with Crippen LogP contribution in [0.5, 0.6) is 0 Å². The average molecular weight is 270 g/mol. The van der Waals surface area contributed by atoms with Crippen LogP contribution in [-0.2, 0) is 5.88 Å². The zero-order valence-electron chi connectivity index (χ0n) is 12.3. The lowest BCUT2D eigenvalue weighted by atomic mass is 9.99. The van der Waals surface area contributed by atoms with Gasteiger partial charge in [-0.15, -0.1) is 11.6 Å². The van der Waals surface area contributed by atoms with Gasteiger partial charge in [0.05, 0.1) is 23.5 Å². The Hall–Kier alpha value is -0.830. The zero-order valence-corrected chi connectivity index (χ0v) is 13.0. The van der Waals surface area contributed by atoms with E-state index in [1.54, 1.807) is 0 Å². The molecule has 0 atom stereocenters. The van der Waals surface area contributed by atoms with Gasteiger partial charge in [0.2, 0.25) is 0 Å². The molecular formula is C14H24ClN3. The molecule has 0 spiro atoms. The van der Waals surface area contributed by atoms with Crippen LogP contribution in [0, 0.1) is 0 Å². The maximum absolute atomic E-state index is 6.03. The van der Waals surface area contributed by atoms with Crippen LogP contribution >= 0.6 is 11.6 Å². The standard InChI is InChI=1S/C14H24ClN3/c1-7-14(4,5)18(6)12-9-16-13(10(2)3)17-11(12)8-15/h9-10H,7-8H2,1-6H3. The quantitative estimate of drug-likeness (QED) is 0.758. The Balaban J connectivity index is 3.17. The number of hydrogen-bond donors (Lipinski definition) is 0. The van der Waals surface area contributed by atoms with Gasteiger partial charge in [-0.2, -0.15) is 0 Å². The molecular weight excluding hydrogens is 246 g/mol. The third kappa shape index (κ3) is 3.14. The van der Waals surface area contributed by atoms with Crippen molar-refractivity contribution in [1.29, 1.82) is 0 Å². The van der Waals surface area contributed by atoms with Crippen LogP contribution in [0.4, 0.5) is 5.69 Å². The van der Waals surface area contributed by atoms with Crippen molar-refractivity contribution >= 4 is 17.3 Å². The fourth-order valence-electron chi connectivity index (χ4n) is 1.65. The Morgan fingerprint density at radius 3 is 2.44 bits per heavy atom. The van der Waals surface area contributed by atoms with Crippen LogP contribution in [0.2, 0.25) is 0 Å². The topological polar surface area (TPSA) is 29.0 Å². The minimum absolute atomic E-state index is 0.0729. The molecule has 1 rings (SSSR count). The highest BCUT2D eigenvalue weighted by Gasteiger charge is 2.24. The second kappa shape index (κ2) is 5.87. The third-order valence-corrected chi connectivity index (χ3v) is 3.89. The minimum Gasteiger partial charge on any atom is -0.367 e. The van der Waals surface area contributed by atoms with Crippen molar-refractivity contribution < 1.29 is 0 Å². The van der Waals surface area contributed by atoms with Crippen LogP contribution in [0.15, 0.2) is 6.20 Å². The molecule has 102 valence electrons. The Morgan fingerprint density at radius 1 is 1.39 bits per heavy atom. The summed E-state index contributed by atoms with van der Waals surface area (Å²) in [5.41, 5.74) is 2.02. The van der Waals surface area contributed by atoms with Gasteiger partial charge in [-0.3, -0.25) is 0 Å². The molecule has 0 saturated heterocycles. The van der Waals surface area contributed by atoms with E-state index in [4.69, 9.17) is 11.6 Å². The van der Waals surface area contributed by atoms with E-state index in [1.165, 1.54) is 0 Å². The molecule has 0 aliphatic rings. The van der Waals surface area contributed by atoms with Gasteiger partial charge in [0.25, 0.3) is 0 Å². The molecule has 0 radical (unpaired) electrons. The molecule has 4 heteroatoms. The molecule has 0 unspecified atom stereocenters. The maximum Gasteiger partial charge on any atom is 0.131 e. The SMILES string of the molecule is CCC(C)(C)N(C)c1cnc(C(C)C)nc1CCl. The van der Waals surface area contributed by atoms with Gasteiger partial charge in [-0.05, 0) is 20.3 Å². The molecule has 18 heavy (non-hydrogen) atoms. The van der Waals surface area contributed by atoms with E-state index in [2.05, 4.69) is 56.5 Å². The first-order valence-electron chi connectivity index (χ1n) is 6.49. The number of hydrogen-bond acceptors (Lipinski definition) is 3. The molecule has 0 amide bonds. The second-order valence-electron chi connectivity index (χ2n) is 5.57. The van der Waals surface area contributed by atoms with E-state index >= 15 is 0 Å². The molecule has 0 fully saturated rings. The van der Waals surface area contributed by atoms with Gasteiger partial charge in [0.15, 0.2) is 0 Å². The number of nitrogens with zero attached hydrogens (tertiary/aromatic N) is 3. The van der Waals surface area contributed by atoms with E-state index in [0.29, 0.717) is 11.8 Å². The lowest BCUT2D eigenvalue weighted by molar-refractivity contribution is 0.468. The van der Waals surface area contributed by atoms with Crippen molar-refractivity contribution in [3.63, 3.8) is 0 Å². The van der Waals surface area contributed by atoms with E-state index in [9.17, 15) is 0 Å². The molecule has 1 heterocycles. The van der Waals surface area contributed by atoms with Gasteiger partial charge >= 0.3 is 0 Å².